The van der Waals surface area contributed by atoms with Crippen molar-refractivity contribution in [2.75, 3.05) is 39.0 Å². The third-order valence-electron chi connectivity index (χ3n) is 5.32. The quantitative estimate of drug-likeness (QED) is 0.487. The van der Waals surface area contributed by atoms with Crippen molar-refractivity contribution in [1.29, 1.82) is 0 Å². The number of carboxylic acid groups (broad SMARTS) is 1. The van der Waals surface area contributed by atoms with Gasteiger partial charge in [-0.2, -0.15) is 4.31 Å². The molecular weight excluding hydrogens is 470 g/mol. The first-order valence-corrected chi connectivity index (χ1v) is 13.6. The fourth-order valence-electron chi connectivity index (χ4n) is 3.45. The van der Waals surface area contributed by atoms with Crippen molar-refractivity contribution >= 4 is 26.0 Å². The lowest BCUT2D eigenvalue weighted by Gasteiger charge is -2.36. The number of aliphatic carboxylic acids is 1. The molecule has 1 fully saturated rings. The number of hydrogen-bond acceptors (Lipinski definition) is 7. The summed E-state index contributed by atoms with van der Waals surface area (Å²) >= 11 is 0. The number of piperazine rings is 1. The van der Waals surface area contributed by atoms with Crippen molar-refractivity contribution in [3.63, 3.8) is 0 Å². The van der Waals surface area contributed by atoms with Gasteiger partial charge in [-0.25, -0.2) is 21.6 Å². The maximum atomic E-state index is 12.7. The lowest BCUT2D eigenvalue weighted by Crippen LogP contribution is -2.56. The molecule has 2 aromatic carbocycles. The molecule has 1 aliphatic rings. The summed E-state index contributed by atoms with van der Waals surface area (Å²) in [5.74, 6) is -0.680. The second-order valence-corrected chi connectivity index (χ2v) is 11.4. The van der Waals surface area contributed by atoms with E-state index >= 15 is 0 Å². The molecule has 0 aromatic heterocycles. The van der Waals surface area contributed by atoms with Crippen LogP contribution in [0.5, 0.6) is 5.75 Å². The molecule has 0 bridgehead atoms. The minimum Gasteiger partial charge on any atom is -0.489 e. The monoisotopic (exact) mass is 497 g/mol. The molecular formula is C21H27N3O7S2. The van der Waals surface area contributed by atoms with E-state index in [0.29, 0.717) is 12.4 Å². The lowest BCUT2D eigenvalue weighted by atomic mass is 10.2. The summed E-state index contributed by atoms with van der Waals surface area (Å²) in [6, 6.07) is 14.3. The highest BCUT2D eigenvalue weighted by atomic mass is 32.2. The maximum absolute atomic E-state index is 12.7. The second-order valence-electron chi connectivity index (χ2n) is 7.65. The summed E-state index contributed by atoms with van der Waals surface area (Å²) in [4.78, 5) is 13.3. The molecule has 12 heteroatoms. The summed E-state index contributed by atoms with van der Waals surface area (Å²) in [6.07, 6.45) is 1.10. The Balaban J connectivity index is 1.58. The van der Waals surface area contributed by atoms with Gasteiger partial charge < -0.3 is 9.84 Å². The van der Waals surface area contributed by atoms with Crippen molar-refractivity contribution in [1.82, 2.24) is 13.9 Å². The Morgan fingerprint density at radius 2 is 1.61 bits per heavy atom. The molecule has 10 nitrogen and oxygen atoms in total. The van der Waals surface area contributed by atoms with E-state index in [1.165, 1.54) is 28.6 Å². The van der Waals surface area contributed by atoms with Crippen molar-refractivity contribution in [3.05, 3.63) is 60.2 Å². The fraction of sp³-hybridized carbons (Fsp3) is 0.381. The van der Waals surface area contributed by atoms with Crippen LogP contribution in [0, 0.1) is 0 Å². The predicted molar refractivity (Wildman–Crippen MR) is 122 cm³/mol. The van der Waals surface area contributed by atoms with Crippen LogP contribution in [-0.2, 0) is 31.4 Å². The molecule has 0 aliphatic carbocycles. The Hall–Kier alpha value is -2.51. The van der Waals surface area contributed by atoms with Crippen LogP contribution in [0.4, 0.5) is 0 Å². The minimum absolute atomic E-state index is 0.0133. The molecule has 1 atom stereocenters. The van der Waals surface area contributed by atoms with Crippen LogP contribution >= 0.6 is 0 Å². The van der Waals surface area contributed by atoms with E-state index in [9.17, 15) is 26.7 Å². The van der Waals surface area contributed by atoms with Gasteiger partial charge in [0.15, 0.2) is 0 Å². The molecule has 2 N–H and O–H groups in total. The van der Waals surface area contributed by atoms with Gasteiger partial charge in [-0.15, -0.1) is 0 Å². The average molecular weight is 498 g/mol. The Bertz CT molecular complexity index is 1150. The van der Waals surface area contributed by atoms with Gasteiger partial charge in [-0.05, 0) is 29.8 Å². The van der Waals surface area contributed by atoms with Gasteiger partial charge in [-0.3, -0.25) is 9.69 Å². The highest BCUT2D eigenvalue weighted by molar-refractivity contribution is 7.89. The summed E-state index contributed by atoms with van der Waals surface area (Å²) in [6.45, 7) is 0.693. The van der Waals surface area contributed by atoms with E-state index in [-0.39, 0.29) is 37.6 Å². The van der Waals surface area contributed by atoms with Crippen molar-refractivity contribution in [2.45, 2.75) is 17.5 Å². The standard InChI is InChI=1S/C21H27N3O7S2/c1-32(27,28)24-13-11-23(12-14-24)20(21(25)26)15-22-33(29,30)19-9-7-18(8-10-19)31-16-17-5-3-2-4-6-17/h2-10,20,22H,11-16H2,1H3,(H,25,26). The molecule has 1 unspecified atom stereocenters. The Labute approximate surface area is 193 Å². The molecule has 0 saturated carbocycles. The number of nitrogens with zero attached hydrogens (tertiary/aromatic N) is 2. The summed E-state index contributed by atoms with van der Waals surface area (Å²) < 4.78 is 57.9. The van der Waals surface area contributed by atoms with Crippen LogP contribution in [0.25, 0.3) is 0 Å². The van der Waals surface area contributed by atoms with Gasteiger partial charge in [0.2, 0.25) is 20.0 Å². The SMILES string of the molecule is CS(=O)(=O)N1CCN(C(CNS(=O)(=O)c2ccc(OCc3ccccc3)cc2)C(=O)O)CC1. The van der Waals surface area contributed by atoms with Gasteiger partial charge in [0.25, 0.3) is 0 Å². The first kappa shape index (κ1) is 25.1. The lowest BCUT2D eigenvalue weighted by molar-refractivity contribution is -0.143. The third-order valence-corrected chi connectivity index (χ3v) is 8.06. The minimum atomic E-state index is -3.95. The van der Waals surface area contributed by atoms with Crippen LogP contribution in [-0.4, -0.2) is 82.1 Å². The second kappa shape index (κ2) is 10.6. The number of ether oxygens (including phenoxy) is 1. The summed E-state index contributed by atoms with van der Waals surface area (Å²) in [5.41, 5.74) is 0.980. The van der Waals surface area contributed by atoms with Crippen LogP contribution < -0.4 is 9.46 Å². The Morgan fingerprint density at radius 3 is 2.15 bits per heavy atom. The molecule has 1 aliphatic heterocycles. The summed E-state index contributed by atoms with van der Waals surface area (Å²) in [5, 5.41) is 9.58. The zero-order valence-electron chi connectivity index (χ0n) is 18.1. The fourth-order valence-corrected chi connectivity index (χ4v) is 5.31. The van der Waals surface area contributed by atoms with Gasteiger partial charge in [0.1, 0.15) is 18.4 Å². The molecule has 1 heterocycles. The van der Waals surface area contributed by atoms with Crippen molar-refractivity contribution in [2.24, 2.45) is 0 Å². The average Bonchev–Trinajstić information content (AvgIpc) is 2.78. The van der Waals surface area contributed by atoms with Crippen LogP contribution in [0.15, 0.2) is 59.5 Å². The number of benzene rings is 2. The van der Waals surface area contributed by atoms with Crippen LogP contribution in [0.2, 0.25) is 0 Å². The highest BCUT2D eigenvalue weighted by Crippen LogP contribution is 2.18. The molecule has 0 amide bonds. The molecule has 0 radical (unpaired) electrons. The first-order valence-electron chi connectivity index (χ1n) is 10.2. The molecule has 180 valence electrons. The molecule has 2 aromatic rings. The van der Waals surface area contributed by atoms with Gasteiger partial charge in [-0.1, -0.05) is 30.3 Å². The smallest absolute Gasteiger partial charge is 0.322 e. The topological polar surface area (TPSA) is 133 Å². The largest absolute Gasteiger partial charge is 0.489 e. The zero-order chi connectivity index (χ0) is 24.1. The maximum Gasteiger partial charge on any atom is 0.322 e. The first-order chi connectivity index (χ1) is 15.6. The molecule has 3 rings (SSSR count). The number of sulfonamides is 2. The number of carbonyl (C=O) groups is 1. The molecule has 1 saturated heterocycles. The Kier molecular flexibility index (Phi) is 8.08. The summed E-state index contributed by atoms with van der Waals surface area (Å²) in [7, 11) is -7.30. The Morgan fingerprint density at radius 1 is 1.00 bits per heavy atom. The van der Waals surface area contributed by atoms with Gasteiger partial charge in [0, 0.05) is 32.7 Å². The van der Waals surface area contributed by atoms with E-state index in [4.69, 9.17) is 4.74 Å². The van der Waals surface area contributed by atoms with E-state index in [1.807, 2.05) is 30.3 Å². The van der Waals surface area contributed by atoms with Crippen LogP contribution in [0.1, 0.15) is 5.56 Å². The number of carboxylic acids is 1. The zero-order valence-corrected chi connectivity index (χ0v) is 19.8. The van der Waals surface area contributed by atoms with E-state index in [0.717, 1.165) is 11.8 Å². The van der Waals surface area contributed by atoms with E-state index < -0.39 is 32.1 Å². The van der Waals surface area contributed by atoms with Crippen molar-refractivity contribution in [3.8, 4) is 5.75 Å². The van der Waals surface area contributed by atoms with Gasteiger partial charge >= 0.3 is 5.97 Å². The third kappa shape index (κ3) is 6.98. The normalized spacial score (nSPS) is 16.9. The highest BCUT2D eigenvalue weighted by Gasteiger charge is 2.32. The van der Waals surface area contributed by atoms with E-state index in [2.05, 4.69) is 4.72 Å². The van der Waals surface area contributed by atoms with Gasteiger partial charge in [0.05, 0.1) is 11.2 Å². The number of nitrogens with one attached hydrogen (secondary N) is 1. The number of rotatable bonds is 10. The predicted octanol–water partition coefficient (Wildman–Crippen LogP) is 0.574. The van der Waals surface area contributed by atoms with Crippen LogP contribution in [0.3, 0.4) is 0 Å². The van der Waals surface area contributed by atoms with E-state index in [1.54, 1.807) is 4.90 Å². The molecule has 0 spiro atoms. The molecule has 33 heavy (non-hydrogen) atoms. The number of hydrogen-bond donors (Lipinski definition) is 2. The van der Waals surface area contributed by atoms with Crippen molar-refractivity contribution < 1.29 is 31.5 Å².